The maximum atomic E-state index is 13.0. The summed E-state index contributed by atoms with van der Waals surface area (Å²) in [6.07, 6.45) is 12.7. The van der Waals surface area contributed by atoms with Gasteiger partial charge in [-0.15, -0.1) is 0 Å². The molecule has 0 spiro atoms. The molecule has 1 aliphatic rings. The molecule has 0 unspecified atom stereocenters. The van der Waals surface area contributed by atoms with Crippen molar-refractivity contribution < 1.29 is 4.79 Å². The Bertz CT molecular complexity index is 1190. The molecule has 0 radical (unpaired) electrons. The van der Waals surface area contributed by atoms with Gasteiger partial charge in [-0.05, 0) is 48.6 Å². The van der Waals surface area contributed by atoms with Crippen LogP contribution in [-0.2, 0) is 6.42 Å². The largest absolute Gasteiger partial charge is 0.404 e. The first-order valence-corrected chi connectivity index (χ1v) is 11.4. The smallest absolute Gasteiger partial charge is 0.270 e. The van der Waals surface area contributed by atoms with Crippen molar-refractivity contribution in [3.05, 3.63) is 90.2 Å². The van der Waals surface area contributed by atoms with Crippen LogP contribution in [0.1, 0.15) is 59.4 Å². The number of hydrogen-bond acceptors (Lipinski definition) is 5. The predicted molar refractivity (Wildman–Crippen MR) is 134 cm³/mol. The number of para-hydroxylation sites is 1. The van der Waals surface area contributed by atoms with Crippen LogP contribution in [-0.4, -0.2) is 28.1 Å². The first-order chi connectivity index (χ1) is 16.2. The Hall–Kier alpha value is -3.80. The molecule has 33 heavy (non-hydrogen) atoms. The molecule has 6 nitrogen and oxygen atoms in total. The fourth-order valence-corrected chi connectivity index (χ4v) is 4.26. The maximum Gasteiger partial charge on any atom is 0.270 e. The van der Waals surface area contributed by atoms with Crippen molar-refractivity contribution in [1.82, 2.24) is 15.3 Å². The number of aromatic nitrogens is 2. The highest BCUT2D eigenvalue weighted by molar-refractivity contribution is 6.09. The molecule has 6 heteroatoms. The summed E-state index contributed by atoms with van der Waals surface area (Å²) in [5.74, 6) is -0.0957. The summed E-state index contributed by atoms with van der Waals surface area (Å²) in [7, 11) is 0. The van der Waals surface area contributed by atoms with E-state index in [2.05, 4.69) is 26.9 Å². The Morgan fingerprint density at radius 1 is 1.15 bits per heavy atom. The lowest BCUT2D eigenvalue weighted by molar-refractivity contribution is 0.0923. The molecule has 1 fully saturated rings. The number of hydrogen-bond donors (Lipinski definition) is 2. The van der Waals surface area contributed by atoms with Crippen LogP contribution >= 0.6 is 0 Å². The van der Waals surface area contributed by atoms with E-state index in [0.717, 1.165) is 46.1 Å². The molecular formula is C27H29N5O. The highest BCUT2D eigenvalue weighted by Crippen LogP contribution is 2.23. The summed E-state index contributed by atoms with van der Waals surface area (Å²) in [6.45, 7) is 3.58. The highest BCUT2D eigenvalue weighted by atomic mass is 16.1. The zero-order valence-corrected chi connectivity index (χ0v) is 18.7. The van der Waals surface area contributed by atoms with Gasteiger partial charge in [0.15, 0.2) is 0 Å². The average molecular weight is 440 g/mol. The minimum absolute atomic E-state index is 0.0957. The van der Waals surface area contributed by atoms with E-state index in [1.807, 2.05) is 48.7 Å². The van der Waals surface area contributed by atoms with Crippen LogP contribution in [0.3, 0.4) is 0 Å². The number of rotatable bonds is 7. The van der Waals surface area contributed by atoms with Crippen LogP contribution < -0.4 is 11.1 Å². The molecule has 0 saturated heterocycles. The number of amides is 1. The van der Waals surface area contributed by atoms with Crippen LogP contribution in [0.4, 0.5) is 0 Å². The van der Waals surface area contributed by atoms with Gasteiger partial charge < -0.3 is 11.1 Å². The highest BCUT2D eigenvalue weighted by Gasteiger charge is 2.19. The molecule has 1 aliphatic carbocycles. The molecule has 1 amide bonds. The number of allylic oxidation sites excluding steroid dienone is 1. The van der Waals surface area contributed by atoms with E-state index in [-0.39, 0.29) is 11.9 Å². The molecule has 2 aromatic heterocycles. The van der Waals surface area contributed by atoms with Crippen molar-refractivity contribution in [2.24, 2.45) is 10.7 Å². The Morgan fingerprint density at radius 3 is 2.70 bits per heavy atom. The number of nitrogens with two attached hydrogens (primary N) is 1. The number of aliphatic imine (C=N–C) groups is 1. The summed E-state index contributed by atoms with van der Waals surface area (Å²) in [5.41, 5.74) is 10.5. The number of nitrogens with zero attached hydrogens (tertiary/aromatic N) is 3. The van der Waals surface area contributed by atoms with Crippen molar-refractivity contribution in [3.63, 3.8) is 0 Å². The first kappa shape index (κ1) is 22.4. The number of carbonyl (C=O) groups excluding carboxylic acids is 1. The second-order valence-corrected chi connectivity index (χ2v) is 8.30. The van der Waals surface area contributed by atoms with Crippen molar-refractivity contribution in [3.8, 4) is 0 Å². The lowest BCUT2D eigenvalue weighted by Crippen LogP contribution is -2.36. The van der Waals surface area contributed by atoms with E-state index in [9.17, 15) is 4.79 Å². The molecule has 2 heterocycles. The zero-order chi connectivity index (χ0) is 23.0. The number of pyridine rings is 2. The first-order valence-electron chi connectivity index (χ1n) is 11.4. The van der Waals surface area contributed by atoms with Gasteiger partial charge in [0.1, 0.15) is 5.69 Å². The van der Waals surface area contributed by atoms with Gasteiger partial charge in [0, 0.05) is 41.8 Å². The molecule has 3 aromatic rings. The van der Waals surface area contributed by atoms with E-state index in [0.29, 0.717) is 12.1 Å². The average Bonchev–Trinajstić information content (AvgIpc) is 2.86. The second-order valence-electron chi connectivity index (χ2n) is 8.30. The van der Waals surface area contributed by atoms with Crippen molar-refractivity contribution in [2.75, 3.05) is 0 Å². The molecule has 4 rings (SSSR count). The molecular weight excluding hydrogens is 410 g/mol. The van der Waals surface area contributed by atoms with Crippen LogP contribution in [0.25, 0.3) is 16.5 Å². The monoisotopic (exact) mass is 439 g/mol. The standard InChI is InChI=1S/C27H29N5O/c1-2-29-18-21(16-28)24-13-12-19(17-30-24)14-20-15-26(32-25-11-7-6-10-23(20)25)27(33)31-22-8-4-3-5-9-22/h2,6-7,10-13,15-18,22H,1,3-5,8-9,14,28H2,(H,31,33)/b21-16+,29-18?. The Kier molecular flexibility index (Phi) is 7.25. The fraction of sp³-hybridized carbons (Fsp3) is 0.259. The van der Waals surface area contributed by atoms with Crippen LogP contribution in [0.5, 0.6) is 0 Å². The van der Waals surface area contributed by atoms with E-state index in [1.165, 1.54) is 31.7 Å². The van der Waals surface area contributed by atoms with Gasteiger partial charge in [0.2, 0.25) is 0 Å². The molecule has 0 bridgehead atoms. The molecule has 1 saturated carbocycles. The minimum atomic E-state index is -0.0957. The third kappa shape index (κ3) is 5.52. The third-order valence-electron chi connectivity index (χ3n) is 5.99. The van der Waals surface area contributed by atoms with Crippen molar-refractivity contribution >= 4 is 28.6 Å². The normalized spacial score (nSPS) is 15.1. The summed E-state index contributed by atoms with van der Waals surface area (Å²) in [5, 5.41) is 4.22. The van der Waals surface area contributed by atoms with Crippen molar-refractivity contribution in [1.29, 1.82) is 0 Å². The summed E-state index contributed by atoms with van der Waals surface area (Å²) < 4.78 is 0. The second kappa shape index (κ2) is 10.7. The van der Waals surface area contributed by atoms with E-state index in [1.54, 1.807) is 6.21 Å². The van der Waals surface area contributed by atoms with Crippen LogP contribution in [0.15, 0.2) is 72.6 Å². The Morgan fingerprint density at radius 2 is 1.97 bits per heavy atom. The third-order valence-corrected chi connectivity index (χ3v) is 5.99. The maximum absolute atomic E-state index is 13.0. The quantitative estimate of drug-likeness (QED) is 0.517. The van der Waals surface area contributed by atoms with Gasteiger partial charge in [-0.25, -0.2) is 4.98 Å². The SMILES string of the molecule is C=CN=C/C(=C\N)c1ccc(Cc2cc(C(=O)NC3CCCCC3)nc3ccccc23)cn1. The van der Waals surface area contributed by atoms with Gasteiger partial charge in [0.05, 0.1) is 11.2 Å². The van der Waals surface area contributed by atoms with Gasteiger partial charge >= 0.3 is 0 Å². The Balaban J connectivity index is 1.59. The summed E-state index contributed by atoms with van der Waals surface area (Å²) >= 11 is 0. The number of benzene rings is 1. The Labute approximate surface area is 194 Å². The number of carbonyl (C=O) groups is 1. The number of fused-ring (bicyclic) bond motifs is 1. The summed E-state index contributed by atoms with van der Waals surface area (Å²) in [4.78, 5) is 26.2. The fourth-order valence-electron chi connectivity index (χ4n) is 4.26. The zero-order valence-electron chi connectivity index (χ0n) is 18.7. The number of nitrogens with one attached hydrogen (secondary N) is 1. The van der Waals surface area contributed by atoms with Crippen LogP contribution in [0, 0.1) is 0 Å². The summed E-state index contributed by atoms with van der Waals surface area (Å²) in [6, 6.07) is 14.0. The van der Waals surface area contributed by atoms with E-state index >= 15 is 0 Å². The van der Waals surface area contributed by atoms with E-state index < -0.39 is 0 Å². The van der Waals surface area contributed by atoms with Gasteiger partial charge in [-0.1, -0.05) is 50.1 Å². The predicted octanol–water partition coefficient (Wildman–Crippen LogP) is 4.80. The van der Waals surface area contributed by atoms with E-state index in [4.69, 9.17) is 5.73 Å². The lowest BCUT2D eigenvalue weighted by Gasteiger charge is -2.22. The molecule has 1 aromatic carbocycles. The van der Waals surface area contributed by atoms with Gasteiger partial charge in [0.25, 0.3) is 5.91 Å². The van der Waals surface area contributed by atoms with Gasteiger partial charge in [-0.2, -0.15) is 0 Å². The minimum Gasteiger partial charge on any atom is -0.404 e. The van der Waals surface area contributed by atoms with Gasteiger partial charge in [-0.3, -0.25) is 14.8 Å². The lowest BCUT2D eigenvalue weighted by atomic mass is 9.95. The molecule has 3 N–H and O–H groups in total. The van der Waals surface area contributed by atoms with Crippen molar-refractivity contribution in [2.45, 2.75) is 44.6 Å². The molecule has 0 atom stereocenters. The molecule has 168 valence electrons. The molecule has 0 aliphatic heterocycles. The topological polar surface area (TPSA) is 93.3 Å². The van der Waals surface area contributed by atoms with Crippen LogP contribution in [0.2, 0.25) is 0 Å².